The number of halogens is 2. The Balaban J connectivity index is 2.02. The zero-order valence-corrected chi connectivity index (χ0v) is 23.1. The summed E-state index contributed by atoms with van der Waals surface area (Å²) in [5, 5.41) is 3.17. The fourth-order valence-electron chi connectivity index (χ4n) is 3.57. The average molecular weight is 593 g/mol. The Morgan fingerprint density at radius 1 is 0.972 bits per heavy atom. The molecule has 0 aliphatic rings. The van der Waals surface area contributed by atoms with Gasteiger partial charge in [-0.25, -0.2) is 8.42 Å². The first-order chi connectivity index (χ1) is 17.1. The Morgan fingerprint density at radius 3 is 2.19 bits per heavy atom. The Labute approximate surface area is 225 Å². The standard InChI is InChI=1S/C26H27BrClN3O4S/c1-3-29-26(33)19(2)30(17-20-9-7-8-12-24(20)28)25(32)18-31(22-15-13-21(27)14-16-22)36(34,35)23-10-5-4-6-11-23/h4-16,19H,3,17-18H2,1-2H3,(H,29,33)/t19-/m0/s1. The Hall–Kier alpha value is -2.88. The van der Waals surface area contributed by atoms with Crippen molar-refractivity contribution in [2.75, 3.05) is 17.4 Å². The fourth-order valence-corrected chi connectivity index (χ4v) is 5.47. The maximum absolute atomic E-state index is 13.7. The third-order valence-electron chi connectivity index (χ3n) is 5.54. The maximum Gasteiger partial charge on any atom is 0.264 e. The predicted molar refractivity (Wildman–Crippen MR) is 145 cm³/mol. The number of amides is 2. The normalized spacial score (nSPS) is 12.0. The first-order valence-corrected chi connectivity index (χ1v) is 13.9. The van der Waals surface area contributed by atoms with Gasteiger partial charge in [-0.1, -0.05) is 63.9 Å². The molecule has 10 heteroatoms. The van der Waals surface area contributed by atoms with Crippen molar-refractivity contribution in [3.05, 3.63) is 93.9 Å². The monoisotopic (exact) mass is 591 g/mol. The molecular weight excluding hydrogens is 566 g/mol. The number of nitrogens with zero attached hydrogens (tertiary/aromatic N) is 2. The van der Waals surface area contributed by atoms with Crippen LogP contribution in [0.25, 0.3) is 0 Å². The van der Waals surface area contributed by atoms with E-state index in [0.29, 0.717) is 22.8 Å². The minimum absolute atomic E-state index is 0.0381. The number of carbonyl (C=O) groups is 2. The Morgan fingerprint density at radius 2 is 1.58 bits per heavy atom. The molecule has 0 heterocycles. The molecule has 36 heavy (non-hydrogen) atoms. The Bertz CT molecular complexity index is 1300. The zero-order valence-electron chi connectivity index (χ0n) is 19.9. The number of anilines is 1. The van der Waals surface area contributed by atoms with Gasteiger partial charge in [0.15, 0.2) is 0 Å². The van der Waals surface area contributed by atoms with Crippen molar-refractivity contribution in [2.45, 2.75) is 31.3 Å². The van der Waals surface area contributed by atoms with Gasteiger partial charge in [0.1, 0.15) is 12.6 Å². The highest BCUT2D eigenvalue weighted by atomic mass is 79.9. The van der Waals surface area contributed by atoms with Crippen LogP contribution in [0.4, 0.5) is 5.69 Å². The molecule has 1 N–H and O–H groups in total. The smallest absolute Gasteiger partial charge is 0.264 e. The van der Waals surface area contributed by atoms with Crippen LogP contribution in [0.15, 0.2) is 88.2 Å². The lowest BCUT2D eigenvalue weighted by atomic mass is 10.1. The molecule has 0 aliphatic carbocycles. The zero-order chi connectivity index (χ0) is 26.3. The highest BCUT2D eigenvalue weighted by Crippen LogP contribution is 2.26. The third kappa shape index (κ3) is 6.66. The van der Waals surface area contributed by atoms with E-state index in [-0.39, 0.29) is 17.3 Å². The van der Waals surface area contributed by atoms with Crippen LogP contribution in [0.2, 0.25) is 5.02 Å². The molecule has 0 saturated heterocycles. The van der Waals surface area contributed by atoms with Gasteiger partial charge >= 0.3 is 0 Å². The van der Waals surface area contributed by atoms with Crippen LogP contribution >= 0.6 is 27.5 Å². The summed E-state index contributed by atoms with van der Waals surface area (Å²) in [6, 6.07) is 20.7. The predicted octanol–water partition coefficient (Wildman–Crippen LogP) is 4.85. The van der Waals surface area contributed by atoms with E-state index in [0.717, 1.165) is 8.78 Å². The lowest BCUT2D eigenvalue weighted by molar-refractivity contribution is -0.139. The van der Waals surface area contributed by atoms with E-state index in [1.165, 1.54) is 17.0 Å². The van der Waals surface area contributed by atoms with Gasteiger partial charge in [0.2, 0.25) is 11.8 Å². The lowest BCUT2D eigenvalue weighted by Crippen LogP contribution is -2.51. The van der Waals surface area contributed by atoms with Gasteiger partial charge in [0.05, 0.1) is 10.6 Å². The van der Waals surface area contributed by atoms with E-state index in [1.807, 2.05) is 0 Å². The molecule has 0 bridgehead atoms. The molecule has 0 fully saturated rings. The van der Waals surface area contributed by atoms with Crippen molar-refractivity contribution >= 4 is 55.1 Å². The average Bonchev–Trinajstić information content (AvgIpc) is 2.87. The largest absolute Gasteiger partial charge is 0.355 e. The molecule has 0 saturated carbocycles. The van der Waals surface area contributed by atoms with Crippen LogP contribution in [0.5, 0.6) is 0 Å². The van der Waals surface area contributed by atoms with Crippen molar-refractivity contribution in [1.82, 2.24) is 10.2 Å². The number of nitrogens with one attached hydrogen (secondary N) is 1. The second kappa shape index (κ2) is 12.4. The van der Waals surface area contributed by atoms with Gasteiger partial charge in [0.25, 0.3) is 10.0 Å². The molecule has 7 nitrogen and oxygen atoms in total. The number of likely N-dealkylation sites (N-methyl/N-ethyl adjacent to an activating group) is 1. The third-order valence-corrected chi connectivity index (χ3v) is 8.23. The molecule has 0 unspecified atom stereocenters. The molecule has 0 spiro atoms. The summed E-state index contributed by atoms with van der Waals surface area (Å²) >= 11 is 9.70. The van der Waals surface area contributed by atoms with E-state index in [2.05, 4.69) is 21.2 Å². The minimum Gasteiger partial charge on any atom is -0.355 e. The number of sulfonamides is 1. The van der Waals surface area contributed by atoms with Crippen LogP contribution in [-0.4, -0.2) is 44.3 Å². The first-order valence-electron chi connectivity index (χ1n) is 11.3. The summed E-state index contributed by atoms with van der Waals surface area (Å²) in [6.07, 6.45) is 0. The van der Waals surface area contributed by atoms with Crippen molar-refractivity contribution in [2.24, 2.45) is 0 Å². The topological polar surface area (TPSA) is 86.8 Å². The fraction of sp³-hybridized carbons (Fsp3) is 0.231. The van der Waals surface area contributed by atoms with Gasteiger partial charge in [0, 0.05) is 22.6 Å². The molecule has 190 valence electrons. The number of hydrogen-bond donors (Lipinski definition) is 1. The molecular formula is C26H27BrClN3O4S. The highest BCUT2D eigenvalue weighted by molar-refractivity contribution is 9.10. The molecule has 1 atom stereocenters. The number of benzene rings is 3. The van der Waals surface area contributed by atoms with Gasteiger partial charge < -0.3 is 10.2 Å². The first kappa shape index (κ1) is 27.7. The van der Waals surface area contributed by atoms with Crippen LogP contribution in [0, 0.1) is 0 Å². The molecule has 0 radical (unpaired) electrons. The van der Waals surface area contributed by atoms with E-state index in [4.69, 9.17) is 11.6 Å². The van der Waals surface area contributed by atoms with E-state index in [9.17, 15) is 18.0 Å². The lowest BCUT2D eigenvalue weighted by Gasteiger charge is -2.32. The van der Waals surface area contributed by atoms with Crippen molar-refractivity contribution < 1.29 is 18.0 Å². The summed E-state index contributed by atoms with van der Waals surface area (Å²) in [5.41, 5.74) is 0.962. The molecule has 2 amide bonds. The van der Waals surface area contributed by atoms with E-state index >= 15 is 0 Å². The summed E-state index contributed by atoms with van der Waals surface area (Å²) in [4.78, 5) is 27.8. The second-order valence-corrected chi connectivity index (χ2v) is 11.2. The minimum atomic E-state index is -4.09. The number of hydrogen-bond acceptors (Lipinski definition) is 4. The quantitative estimate of drug-likeness (QED) is 0.365. The molecule has 3 aromatic rings. The van der Waals surface area contributed by atoms with Crippen molar-refractivity contribution in [3.8, 4) is 0 Å². The second-order valence-electron chi connectivity index (χ2n) is 7.98. The van der Waals surface area contributed by atoms with Crippen LogP contribution in [0.3, 0.4) is 0 Å². The molecule has 0 aliphatic heterocycles. The van der Waals surface area contributed by atoms with Crippen LogP contribution in [0.1, 0.15) is 19.4 Å². The van der Waals surface area contributed by atoms with E-state index < -0.39 is 28.5 Å². The number of carbonyl (C=O) groups excluding carboxylic acids is 2. The van der Waals surface area contributed by atoms with Crippen LogP contribution in [-0.2, 0) is 26.2 Å². The molecule has 3 aromatic carbocycles. The Kier molecular flexibility index (Phi) is 9.53. The summed E-state index contributed by atoms with van der Waals surface area (Å²) in [7, 11) is -4.09. The summed E-state index contributed by atoms with van der Waals surface area (Å²) in [6.45, 7) is 3.32. The van der Waals surface area contributed by atoms with Crippen molar-refractivity contribution in [3.63, 3.8) is 0 Å². The van der Waals surface area contributed by atoms with Gasteiger partial charge in [-0.15, -0.1) is 0 Å². The molecule has 3 rings (SSSR count). The molecule has 0 aromatic heterocycles. The van der Waals surface area contributed by atoms with Crippen molar-refractivity contribution in [1.29, 1.82) is 0 Å². The summed E-state index contributed by atoms with van der Waals surface area (Å²) in [5.74, 6) is -0.893. The summed E-state index contributed by atoms with van der Waals surface area (Å²) < 4.78 is 29.1. The number of rotatable bonds is 10. The SMILES string of the molecule is CCNC(=O)[C@H](C)N(Cc1ccccc1Cl)C(=O)CN(c1ccc(Br)cc1)S(=O)(=O)c1ccccc1. The maximum atomic E-state index is 13.7. The van der Waals surface area contributed by atoms with Gasteiger partial charge in [-0.05, 0) is 61.9 Å². The van der Waals surface area contributed by atoms with Crippen LogP contribution < -0.4 is 9.62 Å². The highest BCUT2D eigenvalue weighted by Gasteiger charge is 2.32. The van der Waals surface area contributed by atoms with Gasteiger partial charge in [-0.2, -0.15) is 0 Å². The van der Waals surface area contributed by atoms with Gasteiger partial charge in [-0.3, -0.25) is 13.9 Å². The van der Waals surface area contributed by atoms with E-state index in [1.54, 1.807) is 80.6 Å².